The van der Waals surface area contributed by atoms with Crippen LogP contribution in [0.4, 0.5) is 0 Å². The predicted molar refractivity (Wildman–Crippen MR) is 160 cm³/mol. The van der Waals surface area contributed by atoms with Gasteiger partial charge in [-0.15, -0.1) is 0 Å². The minimum Gasteiger partial charge on any atom is -0.496 e. The molecule has 40 heavy (non-hydrogen) atoms. The summed E-state index contributed by atoms with van der Waals surface area (Å²) in [6, 6.07) is 18.8. The van der Waals surface area contributed by atoms with Gasteiger partial charge >= 0.3 is 0 Å². The molecule has 0 saturated heterocycles. The molecule has 0 spiro atoms. The maximum absolute atomic E-state index is 14.2. The van der Waals surface area contributed by atoms with E-state index < -0.39 is 6.04 Å². The standard InChI is InChI=1S/C32H33N3O4S/c1-6-34(7-2)31(37)27-20(4)33-32-35(29(27)28-23-15-11-9-13-21(23)17-18-25(28)38-5)30(36)26(40-32)19-22-14-10-12-16-24(22)39-8-3/h9-19,29H,6-8H2,1-5H3/b26-19+/t29-/m1/s1. The minimum atomic E-state index is -0.713. The van der Waals surface area contributed by atoms with Crippen LogP contribution in [0.2, 0.25) is 0 Å². The van der Waals surface area contributed by atoms with Crippen LogP contribution >= 0.6 is 11.3 Å². The lowest BCUT2D eigenvalue weighted by Gasteiger charge is -2.30. The molecule has 1 amide bonds. The quantitative estimate of drug-likeness (QED) is 0.317. The largest absolute Gasteiger partial charge is 0.496 e. The van der Waals surface area contributed by atoms with Crippen molar-refractivity contribution >= 4 is 34.1 Å². The number of ether oxygens (including phenoxy) is 2. The van der Waals surface area contributed by atoms with Crippen molar-refractivity contribution in [3.05, 3.63) is 103 Å². The summed E-state index contributed by atoms with van der Waals surface area (Å²) in [5.74, 6) is 1.18. The van der Waals surface area contributed by atoms with Crippen molar-refractivity contribution in [2.45, 2.75) is 33.7 Å². The van der Waals surface area contributed by atoms with E-state index in [1.54, 1.807) is 16.6 Å². The molecule has 2 heterocycles. The van der Waals surface area contributed by atoms with Crippen LogP contribution < -0.4 is 24.4 Å². The first-order valence-corrected chi connectivity index (χ1v) is 14.3. The van der Waals surface area contributed by atoms with E-state index in [4.69, 9.17) is 14.5 Å². The van der Waals surface area contributed by atoms with Crippen molar-refractivity contribution in [1.82, 2.24) is 9.47 Å². The van der Waals surface area contributed by atoms with E-state index in [9.17, 15) is 9.59 Å². The highest BCUT2D eigenvalue weighted by atomic mass is 32.1. The monoisotopic (exact) mass is 555 g/mol. The maximum atomic E-state index is 14.2. The Morgan fingerprint density at radius 2 is 1.75 bits per heavy atom. The molecule has 1 aliphatic heterocycles. The molecule has 0 saturated carbocycles. The van der Waals surface area contributed by atoms with Crippen molar-refractivity contribution in [1.29, 1.82) is 0 Å². The fourth-order valence-electron chi connectivity index (χ4n) is 5.31. The van der Waals surface area contributed by atoms with Gasteiger partial charge in [0.15, 0.2) is 4.80 Å². The fraction of sp³-hybridized carbons (Fsp3) is 0.281. The van der Waals surface area contributed by atoms with Gasteiger partial charge in [-0.3, -0.25) is 14.2 Å². The van der Waals surface area contributed by atoms with Gasteiger partial charge < -0.3 is 14.4 Å². The molecule has 0 unspecified atom stereocenters. The van der Waals surface area contributed by atoms with Gasteiger partial charge in [0.05, 0.1) is 29.5 Å². The number of carbonyl (C=O) groups is 1. The Bertz CT molecular complexity index is 1800. The topological polar surface area (TPSA) is 73.1 Å². The third-order valence-electron chi connectivity index (χ3n) is 7.23. The molecule has 206 valence electrons. The average Bonchev–Trinajstić information content (AvgIpc) is 3.27. The van der Waals surface area contributed by atoms with Gasteiger partial charge in [0.2, 0.25) is 0 Å². The first-order valence-electron chi connectivity index (χ1n) is 13.5. The number of para-hydroxylation sites is 1. The molecule has 0 radical (unpaired) electrons. The highest BCUT2D eigenvalue weighted by Gasteiger charge is 2.36. The highest BCUT2D eigenvalue weighted by Crippen LogP contribution is 2.40. The van der Waals surface area contributed by atoms with Gasteiger partial charge in [0.25, 0.3) is 11.5 Å². The number of hydrogen-bond donors (Lipinski definition) is 0. The number of likely N-dealkylation sites (N-methyl/N-ethyl adjacent to an activating group) is 1. The summed E-state index contributed by atoms with van der Waals surface area (Å²) in [5.41, 5.74) is 2.44. The summed E-state index contributed by atoms with van der Waals surface area (Å²) in [6.45, 7) is 9.30. The Balaban J connectivity index is 1.85. The Labute approximate surface area is 237 Å². The van der Waals surface area contributed by atoms with Crippen molar-refractivity contribution in [2.75, 3.05) is 26.8 Å². The molecule has 0 aliphatic carbocycles. The number of aromatic nitrogens is 1. The molecule has 0 N–H and O–H groups in total. The second-order valence-electron chi connectivity index (χ2n) is 9.43. The van der Waals surface area contributed by atoms with E-state index in [2.05, 4.69) is 0 Å². The zero-order valence-electron chi connectivity index (χ0n) is 23.4. The van der Waals surface area contributed by atoms with Crippen LogP contribution in [-0.4, -0.2) is 42.2 Å². The molecule has 1 atom stereocenters. The molecule has 7 nitrogen and oxygen atoms in total. The molecule has 5 rings (SSSR count). The first-order chi connectivity index (χ1) is 19.4. The number of nitrogens with zero attached hydrogens (tertiary/aromatic N) is 3. The zero-order chi connectivity index (χ0) is 28.4. The summed E-state index contributed by atoms with van der Waals surface area (Å²) in [7, 11) is 1.62. The number of methoxy groups -OCH3 is 1. The van der Waals surface area contributed by atoms with Crippen molar-refractivity contribution in [3.8, 4) is 11.5 Å². The lowest BCUT2D eigenvalue weighted by molar-refractivity contribution is -0.127. The van der Waals surface area contributed by atoms with Crippen molar-refractivity contribution < 1.29 is 14.3 Å². The van der Waals surface area contributed by atoms with E-state index in [1.807, 2.05) is 94.4 Å². The van der Waals surface area contributed by atoms with Crippen molar-refractivity contribution in [2.24, 2.45) is 4.99 Å². The Morgan fingerprint density at radius 1 is 1.02 bits per heavy atom. The minimum absolute atomic E-state index is 0.137. The highest BCUT2D eigenvalue weighted by molar-refractivity contribution is 7.07. The molecule has 1 aromatic heterocycles. The Morgan fingerprint density at radius 3 is 2.48 bits per heavy atom. The van der Waals surface area contributed by atoms with E-state index in [0.717, 1.165) is 21.9 Å². The number of carbonyl (C=O) groups excluding carboxylic acids is 1. The third kappa shape index (κ3) is 4.73. The van der Waals surface area contributed by atoms with Crippen LogP contribution in [0, 0.1) is 0 Å². The van der Waals surface area contributed by atoms with E-state index >= 15 is 0 Å². The fourth-order valence-corrected chi connectivity index (χ4v) is 6.35. The number of rotatable bonds is 8. The number of amides is 1. The van der Waals surface area contributed by atoms with Crippen LogP contribution in [0.25, 0.3) is 16.8 Å². The molecular weight excluding hydrogens is 522 g/mol. The smallest absolute Gasteiger partial charge is 0.271 e. The van der Waals surface area contributed by atoms with Crippen molar-refractivity contribution in [3.63, 3.8) is 0 Å². The molecule has 3 aromatic carbocycles. The number of allylic oxidation sites excluding steroid dienone is 1. The van der Waals surface area contributed by atoms with Gasteiger partial charge in [-0.2, -0.15) is 0 Å². The second kappa shape index (κ2) is 11.5. The summed E-state index contributed by atoms with van der Waals surface area (Å²) >= 11 is 1.31. The zero-order valence-corrected chi connectivity index (χ0v) is 24.2. The molecule has 0 fully saturated rings. The molecule has 4 aromatic rings. The number of fused-ring (bicyclic) bond motifs is 2. The van der Waals surface area contributed by atoms with Gasteiger partial charge in [0, 0.05) is 24.2 Å². The van der Waals surface area contributed by atoms with Crippen LogP contribution in [0.5, 0.6) is 11.5 Å². The predicted octanol–water partition coefficient (Wildman–Crippen LogP) is 4.66. The van der Waals surface area contributed by atoms with Gasteiger partial charge in [-0.25, -0.2) is 4.99 Å². The summed E-state index contributed by atoms with van der Waals surface area (Å²) in [5, 5.41) is 1.91. The first kappa shape index (κ1) is 27.4. The van der Waals surface area contributed by atoms with E-state index in [0.29, 0.717) is 51.8 Å². The summed E-state index contributed by atoms with van der Waals surface area (Å²) in [6.07, 6.45) is 1.84. The molecule has 1 aliphatic rings. The lowest BCUT2D eigenvalue weighted by Crippen LogP contribution is -2.43. The number of benzene rings is 3. The van der Waals surface area contributed by atoms with E-state index in [-0.39, 0.29) is 11.5 Å². The van der Waals surface area contributed by atoms with Gasteiger partial charge in [-0.05, 0) is 56.7 Å². The lowest BCUT2D eigenvalue weighted by atomic mass is 9.90. The van der Waals surface area contributed by atoms with Gasteiger partial charge in [0.1, 0.15) is 17.5 Å². The van der Waals surface area contributed by atoms with Crippen LogP contribution in [0.15, 0.2) is 81.7 Å². The number of hydrogen-bond acceptors (Lipinski definition) is 6. The SMILES string of the molecule is CCOc1ccccc1/C=c1/sc2n(c1=O)[C@@H](c1c(OC)ccc3ccccc13)C(C(=O)N(CC)CC)=C(C)N=2. The summed E-state index contributed by atoms with van der Waals surface area (Å²) in [4.78, 5) is 35.4. The Kier molecular flexibility index (Phi) is 7.89. The Hall–Kier alpha value is -4.17. The maximum Gasteiger partial charge on any atom is 0.271 e. The third-order valence-corrected chi connectivity index (χ3v) is 8.22. The summed E-state index contributed by atoms with van der Waals surface area (Å²) < 4.78 is 13.8. The molecular formula is C32H33N3O4S. The van der Waals surface area contributed by atoms with Gasteiger partial charge in [-0.1, -0.05) is 59.9 Å². The van der Waals surface area contributed by atoms with E-state index in [1.165, 1.54) is 11.3 Å². The van der Waals surface area contributed by atoms with Crippen LogP contribution in [0.3, 0.4) is 0 Å². The number of thiazole rings is 1. The molecule has 0 bridgehead atoms. The normalized spacial score (nSPS) is 15.1. The van der Waals surface area contributed by atoms with Crippen LogP contribution in [-0.2, 0) is 4.79 Å². The average molecular weight is 556 g/mol. The second-order valence-corrected chi connectivity index (χ2v) is 10.4. The molecule has 8 heteroatoms. The van der Waals surface area contributed by atoms with Crippen LogP contribution in [0.1, 0.15) is 44.9 Å².